The number of pyridine rings is 1. The van der Waals surface area contributed by atoms with Crippen LogP contribution < -0.4 is 4.90 Å². The first-order chi connectivity index (χ1) is 10.7. The fourth-order valence-electron chi connectivity index (χ4n) is 2.00. The molecule has 22 heavy (non-hydrogen) atoms. The van der Waals surface area contributed by atoms with E-state index in [-0.39, 0.29) is 0 Å². The Balaban J connectivity index is 2.04. The molecule has 6 nitrogen and oxygen atoms in total. The molecule has 108 valence electrons. The van der Waals surface area contributed by atoms with Crippen LogP contribution >= 0.6 is 0 Å². The van der Waals surface area contributed by atoms with Crippen molar-refractivity contribution in [3.63, 3.8) is 0 Å². The molecule has 0 amide bonds. The maximum absolute atomic E-state index is 9.16. The summed E-state index contributed by atoms with van der Waals surface area (Å²) in [5, 5.41) is 13.1. The van der Waals surface area contributed by atoms with E-state index in [1.54, 1.807) is 18.3 Å². The average molecular weight is 291 g/mol. The lowest BCUT2D eigenvalue weighted by molar-refractivity contribution is 0.431. The van der Waals surface area contributed by atoms with Crippen molar-refractivity contribution >= 4 is 5.69 Å². The SMILES string of the molecule is CN(C)c1cc(C#N)cc(-c2noc(-c3ccccn3)n2)c1. The van der Waals surface area contributed by atoms with Gasteiger partial charge < -0.3 is 9.42 Å². The van der Waals surface area contributed by atoms with Gasteiger partial charge in [0.05, 0.1) is 11.6 Å². The molecule has 0 bridgehead atoms. The highest BCUT2D eigenvalue weighted by molar-refractivity contribution is 5.67. The highest BCUT2D eigenvalue weighted by atomic mass is 16.5. The maximum atomic E-state index is 9.16. The standard InChI is InChI=1S/C16H13N5O/c1-21(2)13-8-11(10-17)7-12(9-13)15-19-16(22-20-15)14-5-3-4-6-18-14/h3-9H,1-2H3. The summed E-state index contributed by atoms with van der Waals surface area (Å²) < 4.78 is 5.26. The summed E-state index contributed by atoms with van der Waals surface area (Å²) in [4.78, 5) is 10.5. The number of anilines is 1. The quantitative estimate of drug-likeness (QED) is 0.738. The van der Waals surface area contributed by atoms with Crippen LogP contribution in [0.25, 0.3) is 23.0 Å². The number of hydrogen-bond acceptors (Lipinski definition) is 6. The van der Waals surface area contributed by atoms with Gasteiger partial charge in [-0.1, -0.05) is 11.2 Å². The Labute approximate surface area is 127 Å². The van der Waals surface area contributed by atoms with Gasteiger partial charge >= 0.3 is 0 Å². The lowest BCUT2D eigenvalue weighted by atomic mass is 10.1. The Kier molecular flexibility index (Phi) is 3.54. The molecular formula is C16H13N5O. The molecule has 0 N–H and O–H groups in total. The molecule has 2 heterocycles. The van der Waals surface area contributed by atoms with E-state index in [4.69, 9.17) is 9.78 Å². The van der Waals surface area contributed by atoms with Crippen molar-refractivity contribution in [2.45, 2.75) is 0 Å². The van der Waals surface area contributed by atoms with Gasteiger partial charge in [0.25, 0.3) is 5.89 Å². The molecule has 2 aromatic heterocycles. The van der Waals surface area contributed by atoms with Gasteiger partial charge in [-0.3, -0.25) is 4.98 Å². The van der Waals surface area contributed by atoms with Gasteiger partial charge in [0.15, 0.2) is 0 Å². The second-order valence-corrected chi connectivity index (χ2v) is 4.91. The van der Waals surface area contributed by atoms with Crippen molar-refractivity contribution < 1.29 is 4.52 Å². The zero-order chi connectivity index (χ0) is 15.5. The fraction of sp³-hybridized carbons (Fsp3) is 0.125. The lowest BCUT2D eigenvalue weighted by Gasteiger charge is -2.13. The van der Waals surface area contributed by atoms with Crippen LogP contribution in [0.2, 0.25) is 0 Å². The normalized spacial score (nSPS) is 10.2. The van der Waals surface area contributed by atoms with Crippen molar-refractivity contribution in [2.24, 2.45) is 0 Å². The van der Waals surface area contributed by atoms with Crippen LogP contribution in [-0.4, -0.2) is 29.2 Å². The molecule has 6 heteroatoms. The smallest absolute Gasteiger partial charge is 0.276 e. The molecule has 0 aliphatic rings. The number of aromatic nitrogens is 3. The Morgan fingerprint density at radius 3 is 2.73 bits per heavy atom. The second kappa shape index (κ2) is 5.66. The number of rotatable bonds is 3. The summed E-state index contributed by atoms with van der Waals surface area (Å²) in [6.07, 6.45) is 1.67. The molecule has 0 saturated carbocycles. The van der Waals surface area contributed by atoms with E-state index in [0.29, 0.717) is 23.0 Å². The van der Waals surface area contributed by atoms with Gasteiger partial charge in [0, 0.05) is 31.5 Å². The van der Waals surface area contributed by atoms with E-state index in [1.165, 1.54) is 0 Å². The third kappa shape index (κ3) is 2.65. The minimum atomic E-state index is 0.351. The lowest BCUT2D eigenvalue weighted by Crippen LogP contribution is -2.08. The van der Waals surface area contributed by atoms with Crippen molar-refractivity contribution in [3.05, 3.63) is 48.2 Å². The summed E-state index contributed by atoms with van der Waals surface area (Å²) in [7, 11) is 3.83. The minimum Gasteiger partial charge on any atom is -0.378 e. The van der Waals surface area contributed by atoms with E-state index in [1.807, 2.05) is 43.3 Å². The summed E-state index contributed by atoms with van der Waals surface area (Å²) in [6.45, 7) is 0. The Morgan fingerprint density at radius 2 is 2.05 bits per heavy atom. The molecule has 3 rings (SSSR count). The number of nitrogens with zero attached hydrogens (tertiary/aromatic N) is 5. The first kappa shape index (κ1) is 13.8. The molecule has 0 saturated heterocycles. The Bertz CT molecular complexity index is 833. The minimum absolute atomic E-state index is 0.351. The number of nitriles is 1. The topological polar surface area (TPSA) is 78.8 Å². The zero-order valence-corrected chi connectivity index (χ0v) is 12.2. The summed E-state index contributed by atoms with van der Waals surface area (Å²) in [6, 6.07) is 13.1. The predicted octanol–water partition coefficient (Wildman–Crippen LogP) is 2.74. The van der Waals surface area contributed by atoms with Gasteiger partial charge in [0.2, 0.25) is 5.82 Å². The van der Waals surface area contributed by atoms with Crippen LogP contribution in [0, 0.1) is 11.3 Å². The molecule has 0 aliphatic heterocycles. The summed E-state index contributed by atoms with van der Waals surface area (Å²) >= 11 is 0. The first-order valence-corrected chi connectivity index (χ1v) is 6.65. The van der Waals surface area contributed by atoms with Crippen molar-refractivity contribution in [1.29, 1.82) is 5.26 Å². The first-order valence-electron chi connectivity index (χ1n) is 6.65. The van der Waals surface area contributed by atoms with Crippen molar-refractivity contribution in [1.82, 2.24) is 15.1 Å². The largest absolute Gasteiger partial charge is 0.378 e. The van der Waals surface area contributed by atoms with Gasteiger partial charge in [0.1, 0.15) is 5.69 Å². The molecule has 1 aromatic carbocycles. The molecular weight excluding hydrogens is 278 g/mol. The molecule has 0 fully saturated rings. The molecule has 0 aliphatic carbocycles. The van der Waals surface area contributed by atoms with E-state index >= 15 is 0 Å². The summed E-state index contributed by atoms with van der Waals surface area (Å²) in [5.74, 6) is 0.783. The van der Waals surface area contributed by atoms with Crippen LogP contribution in [0.15, 0.2) is 47.1 Å². The van der Waals surface area contributed by atoms with E-state index in [2.05, 4.69) is 21.2 Å². The van der Waals surface area contributed by atoms with Crippen LogP contribution in [0.5, 0.6) is 0 Å². The average Bonchev–Trinajstić information content (AvgIpc) is 3.05. The maximum Gasteiger partial charge on any atom is 0.276 e. The zero-order valence-electron chi connectivity index (χ0n) is 12.2. The molecule has 3 aromatic rings. The molecule has 0 atom stereocenters. The molecule has 0 radical (unpaired) electrons. The molecule has 0 spiro atoms. The van der Waals surface area contributed by atoms with E-state index < -0.39 is 0 Å². The van der Waals surface area contributed by atoms with Crippen LogP contribution in [-0.2, 0) is 0 Å². The van der Waals surface area contributed by atoms with E-state index in [9.17, 15) is 0 Å². The fourth-order valence-corrected chi connectivity index (χ4v) is 2.00. The number of hydrogen-bond donors (Lipinski definition) is 0. The highest BCUT2D eigenvalue weighted by Gasteiger charge is 2.13. The number of benzene rings is 1. The van der Waals surface area contributed by atoms with Gasteiger partial charge in [-0.05, 0) is 30.3 Å². The molecule has 0 unspecified atom stereocenters. The van der Waals surface area contributed by atoms with Crippen molar-refractivity contribution in [2.75, 3.05) is 19.0 Å². The highest BCUT2D eigenvalue weighted by Crippen LogP contribution is 2.25. The Hall–Kier alpha value is -3.20. The van der Waals surface area contributed by atoms with Crippen LogP contribution in [0.1, 0.15) is 5.56 Å². The predicted molar refractivity (Wildman–Crippen MR) is 82.0 cm³/mol. The van der Waals surface area contributed by atoms with E-state index in [0.717, 1.165) is 11.3 Å². The Morgan fingerprint density at radius 1 is 1.18 bits per heavy atom. The second-order valence-electron chi connectivity index (χ2n) is 4.91. The van der Waals surface area contributed by atoms with Gasteiger partial charge in [-0.2, -0.15) is 10.2 Å². The summed E-state index contributed by atoms with van der Waals surface area (Å²) in [5.41, 5.74) is 2.79. The van der Waals surface area contributed by atoms with Gasteiger partial charge in [-0.25, -0.2) is 0 Å². The van der Waals surface area contributed by atoms with Crippen molar-refractivity contribution in [3.8, 4) is 29.0 Å². The monoisotopic (exact) mass is 291 g/mol. The third-order valence-corrected chi connectivity index (χ3v) is 3.13. The van der Waals surface area contributed by atoms with Gasteiger partial charge in [-0.15, -0.1) is 0 Å². The van der Waals surface area contributed by atoms with Crippen LogP contribution in [0.3, 0.4) is 0 Å². The third-order valence-electron chi connectivity index (χ3n) is 3.13. The van der Waals surface area contributed by atoms with Crippen LogP contribution in [0.4, 0.5) is 5.69 Å².